The number of benzene rings is 1. The molecule has 6 heteroatoms. The zero-order valence-corrected chi connectivity index (χ0v) is 16.0. The van der Waals surface area contributed by atoms with Gasteiger partial charge in [0.05, 0.1) is 18.9 Å². The molecule has 0 aliphatic carbocycles. The molecule has 2 heterocycles. The van der Waals surface area contributed by atoms with Crippen molar-refractivity contribution in [1.82, 2.24) is 10.6 Å². The molecule has 6 nitrogen and oxygen atoms in total. The van der Waals surface area contributed by atoms with Gasteiger partial charge in [0.25, 0.3) is 0 Å². The molecule has 2 N–H and O–H groups in total. The molecule has 0 aromatic heterocycles. The number of rotatable bonds is 7. The Bertz CT molecular complexity index is 587. The summed E-state index contributed by atoms with van der Waals surface area (Å²) in [5.41, 5.74) is 1.17. The van der Waals surface area contributed by atoms with Crippen molar-refractivity contribution in [2.75, 3.05) is 44.8 Å². The Morgan fingerprint density at radius 2 is 2.23 bits per heavy atom. The highest BCUT2D eigenvalue weighted by molar-refractivity contribution is 5.80. The van der Waals surface area contributed by atoms with Crippen LogP contribution >= 0.6 is 0 Å². The number of ether oxygens (including phenoxy) is 2. The first kappa shape index (κ1) is 18.8. The van der Waals surface area contributed by atoms with Gasteiger partial charge in [-0.2, -0.15) is 0 Å². The zero-order valence-electron chi connectivity index (χ0n) is 16.0. The number of nitrogens with one attached hydrogen (secondary N) is 2. The molecule has 2 aliphatic rings. The number of para-hydroxylation sites is 2. The van der Waals surface area contributed by atoms with E-state index in [1.165, 1.54) is 18.5 Å². The maximum absolute atomic E-state index is 5.68. The normalized spacial score (nSPS) is 23.3. The smallest absolute Gasteiger partial charge is 0.191 e. The molecule has 144 valence electrons. The van der Waals surface area contributed by atoms with Crippen LogP contribution in [0.25, 0.3) is 0 Å². The lowest BCUT2D eigenvalue weighted by Crippen LogP contribution is -2.44. The lowest BCUT2D eigenvalue weighted by Gasteiger charge is -2.22. The monoisotopic (exact) mass is 360 g/mol. The molecule has 2 fully saturated rings. The highest BCUT2D eigenvalue weighted by Gasteiger charge is 2.25. The molecule has 1 aromatic carbocycles. The summed E-state index contributed by atoms with van der Waals surface area (Å²) < 4.78 is 11.2. The fourth-order valence-electron chi connectivity index (χ4n) is 3.69. The quantitative estimate of drug-likeness (QED) is 0.578. The second-order valence-electron chi connectivity index (χ2n) is 6.93. The predicted octanol–water partition coefficient (Wildman–Crippen LogP) is 2.40. The molecule has 2 unspecified atom stereocenters. The third-order valence-electron chi connectivity index (χ3n) is 5.04. The Morgan fingerprint density at radius 1 is 1.35 bits per heavy atom. The average Bonchev–Trinajstić information content (AvgIpc) is 3.34. The van der Waals surface area contributed by atoms with Gasteiger partial charge in [0.1, 0.15) is 5.75 Å². The van der Waals surface area contributed by atoms with E-state index < -0.39 is 0 Å². The molecule has 0 radical (unpaired) electrons. The number of hydrogen-bond acceptors (Lipinski definition) is 4. The first-order chi connectivity index (χ1) is 12.8. The van der Waals surface area contributed by atoms with Gasteiger partial charge in [0.2, 0.25) is 0 Å². The lowest BCUT2D eigenvalue weighted by molar-refractivity contribution is 0.106. The van der Waals surface area contributed by atoms with Crippen molar-refractivity contribution in [1.29, 1.82) is 0 Å². The van der Waals surface area contributed by atoms with E-state index in [0.29, 0.717) is 12.1 Å². The summed E-state index contributed by atoms with van der Waals surface area (Å²) in [7, 11) is 1.73. The summed E-state index contributed by atoms with van der Waals surface area (Å²) in [6.45, 7) is 6.67. The first-order valence-corrected chi connectivity index (χ1v) is 9.84. The zero-order chi connectivity index (χ0) is 18.2. The Morgan fingerprint density at radius 3 is 3.00 bits per heavy atom. The second kappa shape index (κ2) is 9.67. The standard InChI is InChI=1S/C20H32N4O2/c1-3-21-20(22-12-10-17-7-6-14-26-17)23-16-11-13-24(15-16)18-8-4-5-9-19(18)25-2/h4-5,8-9,16-17H,3,6-7,10-15H2,1-2H3,(H2,21,22,23). The van der Waals surface area contributed by atoms with Gasteiger partial charge in [0.15, 0.2) is 5.96 Å². The van der Waals surface area contributed by atoms with Crippen LogP contribution < -0.4 is 20.3 Å². The van der Waals surface area contributed by atoms with E-state index in [4.69, 9.17) is 14.5 Å². The Balaban J connectivity index is 1.52. The van der Waals surface area contributed by atoms with Crippen molar-refractivity contribution < 1.29 is 9.47 Å². The van der Waals surface area contributed by atoms with E-state index >= 15 is 0 Å². The van der Waals surface area contributed by atoms with Crippen molar-refractivity contribution in [3.8, 4) is 5.75 Å². The van der Waals surface area contributed by atoms with Gasteiger partial charge >= 0.3 is 0 Å². The van der Waals surface area contributed by atoms with Crippen LogP contribution in [0.15, 0.2) is 29.3 Å². The van der Waals surface area contributed by atoms with Crippen LogP contribution in [-0.4, -0.2) is 58.0 Å². The van der Waals surface area contributed by atoms with E-state index in [-0.39, 0.29) is 0 Å². The molecule has 3 rings (SSSR count). The van der Waals surface area contributed by atoms with Gasteiger partial charge in [-0.05, 0) is 44.7 Å². The minimum Gasteiger partial charge on any atom is -0.495 e. The fraction of sp³-hybridized carbons (Fsp3) is 0.650. The molecule has 0 spiro atoms. The number of nitrogens with zero attached hydrogens (tertiary/aromatic N) is 2. The van der Waals surface area contributed by atoms with Crippen molar-refractivity contribution >= 4 is 11.6 Å². The Kier molecular flexibility index (Phi) is 7.00. The highest BCUT2D eigenvalue weighted by Crippen LogP contribution is 2.30. The number of aliphatic imine (C=N–C) groups is 1. The summed E-state index contributed by atoms with van der Waals surface area (Å²) in [6.07, 6.45) is 4.86. The second-order valence-corrected chi connectivity index (χ2v) is 6.93. The van der Waals surface area contributed by atoms with Crippen LogP contribution in [0, 0.1) is 0 Å². The van der Waals surface area contributed by atoms with E-state index in [1.54, 1.807) is 7.11 Å². The molecule has 2 aliphatic heterocycles. The topological polar surface area (TPSA) is 58.1 Å². The van der Waals surface area contributed by atoms with E-state index in [2.05, 4.69) is 34.6 Å². The molecule has 26 heavy (non-hydrogen) atoms. The fourth-order valence-corrected chi connectivity index (χ4v) is 3.69. The summed E-state index contributed by atoms with van der Waals surface area (Å²) in [6, 6.07) is 8.61. The summed E-state index contributed by atoms with van der Waals surface area (Å²) >= 11 is 0. The summed E-state index contributed by atoms with van der Waals surface area (Å²) in [5, 5.41) is 6.96. The molecule has 2 atom stereocenters. The Labute approximate surface area is 157 Å². The molecule has 0 amide bonds. The average molecular weight is 361 g/mol. The molecule has 1 aromatic rings. The van der Waals surface area contributed by atoms with Crippen molar-refractivity contribution in [3.63, 3.8) is 0 Å². The van der Waals surface area contributed by atoms with Crippen molar-refractivity contribution in [3.05, 3.63) is 24.3 Å². The van der Waals surface area contributed by atoms with Gasteiger partial charge in [-0.3, -0.25) is 4.99 Å². The highest BCUT2D eigenvalue weighted by atomic mass is 16.5. The predicted molar refractivity (Wildman–Crippen MR) is 106 cm³/mol. The third kappa shape index (κ3) is 5.04. The molecule has 0 bridgehead atoms. The number of hydrogen-bond donors (Lipinski definition) is 2. The number of guanidine groups is 1. The van der Waals surface area contributed by atoms with Crippen LogP contribution in [0.4, 0.5) is 5.69 Å². The van der Waals surface area contributed by atoms with Gasteiger partial charge in [-0.25, -0.2) is 0 Å². The van der Waals surface area contributed by atoms with Crippen LogP contribution in [0.5, 0.6) is 5.75 Å². The molecular formula is C20H32N4O2. The third-order valence-corrected chi connectivity index (χ3v) is 5.04. The SMILES string of the molecule is CCNC(=NCCC1CCCO1)NC1CCN(c2ccccc2OC)C1. The van der Waals surface area contributed by atoms with Gasteiger partial charge in [-0.1, -0.05) is 12.1 Å². The number of methoxy groups -OCH3 is 1. The van der Waals surface area contributed by atoms with Crippen molar-refractivity contribution in [2.45, 2.75) is 44.8 Å². The first-order valence-electron chi connectivity index (χ1n) is 9.84. The van der Waals surface area contributed by atoms with Crippen LogP contribution in [0.3, 0.4) is 0 Å². The van der Waals surface area contributed by atoms with Crippen molar-refractivity contribution in [2.24, 2.45) is 4.99 Å². The molecule has 0 saturated carbocycles. The largest absolute Gasteiger partial charge is 0.495 e. The summed E-state index contributed by atoms with van der Waals surface area (Å²) in [4.78, 5) is 7.12. The molecule has 2 saturated heterocycles. The van der Waals surface area contributed by atoms with Gasteiger partial charge in [-0.15, -0.1) is 0 Å². The number of anilines is 1. The minimum absolute atomic E-state index is 0.389. The van der Waals surface area contributed by atoms with Crippen LogP contribution in [0.2, 0.25) is 0 Å². The maximum atomic E-state index is 5.68. The van der Waals surface area contributed by atoms with Crippen LogP contribution in [-0.2, 0) is 4.74 Å². The van der Waals surface area contributed by atoms with E-state index in [9.17, 15) is 0 Å². The minimum atomic E-state index is 0.389. The van der Waals surface area contributed by atoms with Crippen LogP contribution in [0.1, 0.15) is 32.6 Å². The van der Waals surface area contributed by atoms with Gasteiger partial charge in [0, 0.05) is 38.8 Å². The summed E-state index contributed by atoms with van der Waals surface area (Å²) in [5.74, 6) is 1.85. The maximum Gasteiger partial charge on any atom is 0.191 e. The lowest BCUT2D eigenvalue weighted by atomic mass is 10.2. The van der Waals surface area contributed by atoms with E-state index in [1.807, 2.05) is 12.1 Å². The molecular weight excluding hydrogens is 328 g/mol. The Hall–Kier alpha value is -1.95. The van der Waals surface area contributed by atoms with E-state index in [0.717, 1.165) is 57.3 Å². The van der Waals surface area contributed by atoms with Gasteiger partial charge < -0.3 is 25.0 Å².